The lowest BCUT2D eigenvalue weighted by atomic mass is 10.1. The predicted molar refractivity (Wildman–Crippen MR) is 87.3 cm³/mol. The van der Waals surface area contributed by atoms with Crippen LogP contribution in [0.3, 0.4) is 0 Å². The molecule has 0 radical (unpaired) electrons. The molecule has 1 aliphatic rings. The fourth-order valence-electron chi connectivity index (χ4n) is 2.56. The number of anilines is 1. The van der Waals surface area contributed by atoms with Crippen molar-refractivity contribution in [3.8, 4) is 0 Å². The van der Waals surface area contributed by atoms with Gasteiger partial charge in [-0.25, -0.2) is 13.4 Å². The van der Waals surface area contributed by atoms with Crippen LogP contribution < -0.4 is 4.72 Å². The number of thiazole rings is 1. The Morgan fingerprint density at radius 2 is 2.23 bits per heavy atom. The normalized spacial score (nSPS) is 17.0. The molecule has 118 valence electrons. The van der Waals surface area contributed by atoms with Crippen LogP contribution in [0.5, 0.6) is 0 Å². The molecule has 0 unspecified atom stereocenters. The molecule has 0 amide bonds. The van der Waals surface area contributed by atoms with Crippen molar-refractivity contribution in [1.82, 2.24) is 14.9 Å². The van der Waals surface area contributed by atoms with E-state index >= 15 is 0 Å². The van der Waals surface area contributed by atoms with Gasteiger partial charge in [-0.3, -0.25) is 14.6 Å². The highest BCUT2D eigenvalue weighted by Crippen LogP contribution is 2.32. The Labute approximate surface area is 134 Å². The van der Waals surface area contributed by atoms with Crippen LogP contribution in [-0.2, 0) is 23.0 Å². The first kappa shape index (κ1) is 15.4. The van der Waals surface area contributed by atoms with Crippen LogP contribution >= 0.6 is 11.3 Å². The first-order chi connectivity index (χ1) is 10.4. The molecule has 0 aromatic carbocycles. The smallest absolute Gasteiger partial charge is 0.231 e. The van der Waals surface area contributed by atoms with Gasteiger partial charge in [0.1, 0.15) is 0 Å². The lowest BCUT2D eigenvalue weighted by Crippen LogP contribution is -2.32. The summed E-state index contributed by atoms with van der Waals surface area (Å²) in [6, 6.07) is 6.16. The minimum Gasteiger partial charge on any atom is -0.290 e. The molecule has 6 nitrogen and oxygen atoms in total. The van der Waals surface area contributed by atoms with Crippen molar-refractivity contribution < 1.29 is 8.42 Å². The van der Waals surface area contributed by atoms with Gasteiger partial charge in [0, 0.05) is 36.6 Å². The third-order valence-electron chi connectivity index (χ3n) is 3.70. The van der Waals surface area contributed by atoms with Crippen molar-refractivity contribution in [1.29, 1.82) is 0 Å². The number of pyridine rings is 1. The van der Waals surface area contributed by atoms with Gasteiger partial charge in [-0.05, 0) is 19.1 Å². The Morgan fingerprint density at radius 3 is 2.91 bits per heavy atom. The largest absolute Gasteiger partial charge is 0.290 e. The molecular formula is C14H18N4O2S2. The number of fused-ring (bicyclic) bond motifs is 1. The molecule has 0 aliphatic carbocycles. The van der Waals surface area contributed by atoms with Gasteiger partial charge in [0.05, 0.1) is 17.6 Å². The zero-order valence-corrected chi connectivity index (χ0v) is 14.1. The Kier molecular flexibility index (Phi) is 4.16. The molecular weight excluding hydrogens is 320 g/mol. The molecule has 22 heavy (non-hydrogen) atoms. The Hall–Kier alpha value is -1.51. The summed E-state index contributed by atoms with van der Waals surface area (Å²) in [6.45, 7) is 3.81. The van der Waals surface area contributed by atoms with E-state index in [4.69, 9.17) is 0 Å². The molecule has 3 rings (SSSR count). The lowest BCUT2D eigenvalue weighted by molar-refractivity contribution is 0.190. The molecule has 2 aromatic rings. The number of rotatable bonds is 4. The molecule has 3 heterocycles. The number of nitrogens with one attached hydrogen (secondary N) is 1. The van der Waals surface area contributed by atoms with Gasteiger partial charge in [-0.2, -0.15) is 0 Å². The molecule has 0 saturated heterocycles. The molecule has 0 spiro atoms. The van der Waals surface area contributed by atoms with E-state index in [1.165, 1.54) is 11.3 Å². The van der Waals surface area contributed by atoms with Gasteiger partial charge in [0.25, 0.3) is 0 Å². The summed E-state index contributed by atoms with van der Waals surface area (Å²) in [5.41, 5.74) is 2.05. The van der Waals surface area contributed by atoms with Crippen LogP contribution in [0.2, 0.25) is 0 Å². The highest BCUT2D eigenvalue weighted by molar-refractivity contribution is 7.92. The first-order valence-electron chi connectivity index (χ1n) is 7.04. The van der Waals surface area contributed by atoms with E-state index in [1.54, 1.807) is 0 Å². The maximum Gasteiger partial charge on any atom is 0.231 e. The van der Waals surface area contributed by atoms with Crippen LogP contribution in [0.15, 0.2) is 24.4 Å². The predicted octanol–water partition coefficient (Wildman–Crippen LogP) is 2.03. The summed E-state index contributed by atoms with van der Waals surface area (Å²) in [7, 11) is -3.28. The fourth-order valence-corrected chi connectivity index (χ4v) is 4.43. The fraction of sp³-hybridized carbons (Fsp3) is 0.429. The summed E-state index contributed by atoms with van der Waals surface area (Å²) in [5, 5.41) is 0.458. The van der Waals surface area contributed by atoms with Crippen LogP contribution in [0.1, 0.15) is 29.2 Å². The standard InChI is InChI=1S/C14H18N4O2S2/c1-10(11-5-3-4-7-15-11)18-8-6-12-13(9-18)21-14(16-12)17-22(2,19)20/h3-5,7,10H,6,8-9H2,1-2H3,(H,16,17)/t10-/m0/s1. The Morgan fingerprint density at radius 1 is 1.41 bits per heavy atom. The van der Waals surface area contributed by atoms with Crippen molar-refractivity contribution in [2.24, 2.45) is 0 Å². The van der Waals surface area contributed by atoms with E-state index in [9.17, 15) is 8.42 Å². The summed E-state index contributed by atoms with van der Waals surface area (Å²) in [6.07, 6.45) is 3.78. The summed E-state index contributed by atoms with van der Waals surface area (Å²) >= 11 is 1.42. The minimum absolute atomic E-state index is 0.225. The third kappa shape index (κ3) is 3.45. The van der Waals surface area contributed by atoms with E-state index in [0.717, 1.165) is 42.0 Å². The molecule has 8 heteroatoms. The number of aromatic nitrogens is 2. The van der Waals surface area contributed by atoms with Gasteiger partial charge in [0.2, 0.25) is 10.0 Å². The maximum atomic E-state index is 11.3. The van der Waals surface area contributed by atoms with Crippen LogP contribution in [0.25, 0.3) is 0 Å². The van der Waals surface area contributed by atoms with Crippen molar-refractivity contribution >= 4 is 26.5 Å². The maximum absolute atomic E-state index is 11.3. The number of hydrogen-bond acceptors (Lipinski definition) is 6. The number of sulfonamides is 1. The van der Waals surface area contributed by atoms with Crippen molar-refractivity contribution in [2.45, 2.75) is 25.9 Å². The zero-order valence-electron chi connectivity index (χ0n) is 12.5. The van der Waals surface area contributed by atoms with Gasteiger partial charge in [-0.1, -0.05) is 17.4 Å². The summed E-state index contributed by atoms with van der Waals surface area (Å²) in [4.78, 5) is 12.3. The number of hydrogen-bond donors (Lipinski definition) is 1. The highest BCUT2D eigenvalue weighted by Gasteiger charge is 2.25. The average molecular weight is 338 g/mol. The van der Waals surface area contributed by atoms with Crippen LogP contribution in [0.4, 0.5) is 5.13 Å². The first-order valence-corrected chi connectivity index (χ1v) is 9.74. The van der Waals surface area contributed by atoms with Gasteiger partial charge < -0.3 is 0 Å². The molecule has 0 bridgehead atoms. The highest BCUT2D eigenvalue weighted by atomic mass is 32.2. The lowest BCUT2D eigenvalue weighted by Gasteiger charge is -2.31. The Bertz CT molecular complexity index is 758. The molecule has 1 N–H and O–H groups in total. The van der Waals surface area contributed by atoms with Crippen molar-refractivity contribution in [2.75, 3.05) is 17.5 Å². The molecule has 0 saturated carbocycles. The van der Waals surface area contributed by atoms with E-state index < -0.39 is 10.0 Å². The van der Waals surface area contributed by atoms with Crippen molar-refractivity contribution in [3.63, 3.8) is 0 Å². The van der Waals surface area contributed by atoms with E-state index in [-0.39, 0.29) is 6.04 Å². The van der Waals surface area contributed by atoms with Crippen LogP contribution in [-0.4, -0.2) is 36.1 Å². The second-order valence-corrected chi connectivity index (χ2v) is 8.25. The summed E-state index contributed by atoms with van der Waals surface area (Å²) in [5.74, 6) is 0. The quantitative estimate of drug-likeness (QED) is 0.923. The molecule has 0 fully saturated rings. The number of nitrogens with zero attached hydrogens (tertiary/aromatic N) is 3. The Balaban J connectivity index is 1.76. The average Bonchev–Trinajstić information content (AvgIpc) is 2.86. The third-order valence-corrected chi connectivity index (χ3v) is 5.39. The van der Waals surface area contributed by atoms with E-state index in [1.807, 2.05) is 24.4 Å². The summed E-state index contributed by atoms with van der Waals surface area (Å²) < 4.78 is 25.1. The minimum atomic E-state index is -3.28. The second kappa shape index (κ2) is 5.94. The van der Waals surface area contributed by atoms with Gasteiger partial charge in [0.15, 0.2) is 5.13 Å². The van der Waals surface area contributed by atoms with Crippen molar-refractivity contribution in [3.05, 3.63) is 40.7 Å². The monoisotopic (exact) mass is 338 g/mol. The van der Waals surface area contributed by atoms with E-state index in [2.05, 4.69) is 26.5 Å². The second-order valence-electron chi connectivity index (χ2n) is 5.41. The zero-order chi connectivity index (χ0) is 15.7. The topological polar surface area (TPSA) is 75.2 Å². The SMILES string of the molecule is C[C@@H](c1ccccn1)N1CCc2nc(NS(C)(=O)=O)sc2C1. The molecule has 2 aromatic heterocycles. The van der Waals surface area contributed by atoms with E-state index in [0.29, 0.717) is 5.13 Å². The van der Waals surface area contributed by atoms with Gasteiger partial charge >= 0.3 is 0 Å². The van der Waals surface area contributed by atoms with Gasteiger partial charge in [-0.15, -0.1) is 0 Å². The molecule has 1 atom stereocenters. The molecule has 1 aliphatic heterocycles. The van der Waals surface area contributed by atoms with Crippen LogP contribution in [0, 0.1) is 0 Å².